The van der Waals surface area contributed by atoms with Gasteiger partial charge in [0.15, 0.2) is 0 Å². The van der Waals surface area contributed by atoms with Gasteiger partial charge in [-0.05, 0) is 25.8 Å². The predicted octanol–water partition coefficient (Wildman–Crippen LogP) is 0.885. The summed E-state index contributed by atoms with van der Waals surface area (Å²) in [7, 11) is 0. The van der Waals surface area contributed by atoms with Crippen molar-refractivity contribution >= 4 is 0 Å². The second-order valence-electron chi connectivity index (χ2n) is 5.53. The fourth-order valence-corrected chi connectivity index (χ4v) is 2.82. The standard InChI is InChI=1S/C13H22N4O2/c1-2-9(14)6-12-15-13(16-19-12)11-7-17-5-3-4-10(17)8-18-11/h9-11H,2-8,14H2,1H3. The third-order valence-electron chi connectivity index (χ3n) is 4.12. The van der Waals surface area contributed by atoms with Crippen LogP contribution in [0, 0.1) is 0 Å². The first-order valence-electron chi connectivity index (χ1n) is 7.20. The topological polar surface area (TPSA) is 77.4 Å². The van der Waals surface area contributed by atoms with Gasteiger partial charge in [-0.15, -0.1) is 0 Å². The predicted molar refractivity (Wildman–Crippen MR) is 69.6 cm³/mol. The van der Waals surface area contributed by atoms with Crippen molar-refractivity contribution in [3.05, 3.63) is 11.7 Å². The second kappa shape index (κ2) is 5.56. The summed E-state index contributed by atoms with van der Waals surface area (Å²) in [6.07, 6.45) is 4.01. The fraction of sp³-hybridized carbons (Fsp3) is 0.846. The summed E-state index contributed by atoms with van der Waals surface area (Å²) >= 11 is 0. The minimum atomic E-state index is -0.0512. The van der Waals surface area contributed by atoms with Crippen molar-refractivity contribution in [3.8, 4) is 0 Å². The number of morpholine rings is 1. The Labute approximate surface area is 113 Å². The average molecular weight is 266 g/mol. The van der Waals surface area contributed by atoms with Crippen molar-refractivity contribution in [2.24, 2.45) is 5.73 Å². The fourth-order valence-electron chi connectivity index (χ4n) is 2.82. The molecule has 2 N–H and O–H groups in total. The summed E-state index contributed by atoms with van der Waals surface area (Å²) in [6.45, 7) is 4.88. The van der Waals surface area contributed by atoms with E-state index in [4.69, 9.17) is 15.0 Å². The van der Waals surface area contributed by atoms with Crippen LogP contribution >= 0.6 is 0 Å². The lowest BCUT2D eigenvalue weighted by Crippen LogP contribution is -2.42. The molecule has 0 aromatic carbocycles. The van der Waals surface area contributed by atoms with E-state index in [9.17, 15) is 0 Å². The van der Waals surface area contributed by atoms with Gasteiger partial charge in [-0.3, -0.25) is 4.90 Å². The molecule has 3 heterocycles. The van der Waals surface area contributed by atoms with E-state index in [2.05, 4.69) is 22.0 Å². The van der Waals surface area contributed by atoms with Gasteiger partial charge in [-0.25, -0.2) is 0 Å². The Morgan fingerprint density at radius 1 is 1.53 bits per heavy atom. The van der Waals surface area contributed by atoms with Crippen molar-refractivity contribution in [1.29, 1.82) is 0 Å². The summed E-state index contributed by atoms with van der Waals surface area (Å²) in [5.74, 6) is 1.29. The van der Waals surface area contributed by atoms with Gasteiger partial charge in [-0.1, -0.05) is 12.1 Å². The molecule has 0 saturated carbocycles. The number of hydrogen-bond acceptors (Lipinski definition) is 6. The normalized spacial score (nSPS) is 29.4. The third-order valence-corrected chi connectivity index (χ3v) is 4.12. The zero-order chi connectivity index (χ0) is 13.2. The van der Waals surface area contributed by atoms with Crippen LogP contribution in [0.5, 0.6) is 0 Å². The Morgan fingerprint density at radius 3 is 3.26 bits per heavy atom. The number of nitrogens with zero attached hydrogens (tertiary/aromatic N) is 3. The SMILES string of the molecule is CCC(N)Cc1nc(C2CN3CCCC3CO2)no1. The molecule has 2 aliphatic rings. The van der Waals surface area contributed by atoms with Crippen LogP contribution in [0.3, 0.4) is 0 Å². The number of hydrogen-bond donors (Lipinski definition) is 1. The molecule has 0 spiro atoms. The van der Waals surface area contributed by atoms with Crippen LogP contribution in [0.1, 0.15) is 44.0 Å². The molecule has 0 aliphatic carbocycles. The number of nitrogens with two attached hydrogens (primary N) is 1. The van der Waals surface area contributed by atoms with Crippen LogP contribution in [0.4, 0.5) is 0 Å². The summed E-state index contributed by atoms with van der Waals surface area (Å²) < 4.78 is 11.1. The first-order valence-corrected chi connectivity index (χ1v) is 7.20. The second-order valence-corrected chi connectivity index (χ2v) is 5.53. The van der Waals surface area contributed by atoms with Crippen molar-refractivity contribution in [2.75, 3.05) is 19.7 Å². The van der Waals surface area contributed by atoms with Crippen LogP contribution in [-0.4, -0.2) is 46.8 Å². The lowest BCUT2D eigenvalue weighted by molar-refractivity contribution is -0.0548. The number of rotatable bonds is 4. The van der Waals surface area contributed by atoms with Crippen molar-refractivity contribution in [3.63, 3.8) is 0 Å². The molecule has 0 amide bonds. The minimum absolute atomic E-state index is 0.0512. The molecule has 3 atom stereocenters. The van der Waals surface area contributed by atoms with E-state index in [1.54, 1.807) is 0 Å². The highest BCUT2D eigenvalue weighted by atomic mass is 16.5. The summed E-state index contributed by atoms with van der Waals surface area (Å²) in [4.78, 5) is 6.90. The summed E-state index contributed by atoms with van der Waals surface area (Å²) in [5, 5.41) is 4.05. The van der Waals surface area contributed by atoms with Crippen LogP contribution in [0.25, 0.3) is 0 Å². The quantitative estimate of drug-likeness (QED) is 0.872. The lowest BCUT2D eigenvalue weighted by atomic mass is 10.1. The molecule has 1 aromatic rings. The van der Waals surface area contributed by atoms with E-state index in [0.29, 0.717) is 24.2 Å². The van der Waals surface area contributed by atoms with Gasteiger partial charge in [0.05, 0.1) is 6.61 Å². The monoisotopic (exact) mass is 266 g/mol. The molecule has 2 saturated heterocycles. The van der Waals surface area contributed by atoms with Gasteiger partial charge in [-0.2, -0.15) is 4.98 Å². The smallest absolute Gasteiger partial charge is 0.228 e. The zero-order valence-electron chi connectivity index (χ0n) is 11.4. The number of aromatic nitrogens is 2. The molecule has 106 valence electrons. The Hall–Kier alpha value is -0.980. The largest absolute Gasteiger partial charge is 0.367 e. The maximum atomic E-state index is 5.90. The molecule has 3 rings (SSSR count). The van der Waals surface area contributed by atoms with Gasteiger partial charge >= 0.3 is 0 Å². The highest BCUT2D eigenvalue weighted by Gasteiger charge is 2.34. The van der Waals surface area contributed by atoms with Gasteiger partial charge in [0.25, 0.3) is 0 Å². The van der Waals surface area contributed by atoms with Gasteiger partial charge in [0.1, 0.15) is 6.10 Å². The highest BCUT2D eigenvalue weighted by Crippen LogP contribution is 2.28. The first kappa shape index (κ1) is 13.0. The van der Waals surface area contributed by atoms with E-state index in [-0.39, 0.29) is 12.1 Å². The molecule has 2 aliphatic heterocycles. The Morgan fingerprint density at radius 2 is 2.42 bits per heavy atom. The molecular weight excluding hydrogens is 244 g/mol. The van der Waals surface area contributed by atoms with Gasteiger partial charge in [0.2, 0.25) is 11.7 Å². The Kier molecular flexibility index (Phi) is 3.81. The van der Waals surface area contributed by atoms with E-state index in [1.165, 1.54) is 12.8 Å². The molecule has 2 fully saturated rings. The third kappa shape index (κ3) is 2.80. The summed E-state index contributed by atoms with van der Waals surface area (Å²) in [6, 6.07) is 0.680. The van der Waals surface area contributed by atoms with Gasteiger partial charge in [0, 0.05) is 25.0 Å². The molecule has 3 unspecified atom stereocenters. The van der Waals surface area contributed by atoms with Crippen LogP contribution < -0.4 is 5.73 Å². The zero-order valence-corrected chi connectivity index (χ0v) is 11.4. The maximum absolute atomic E-state index is 5.90. The first-order chi connectivity index (χ1) is 9.26. The summed E-state index contributed by atoms with van der Waals surface area (Å²) in [5.41, 5.74) is 5.90. The van der Waals surface area contributed by atoms with Crippen LogP contribution in [-0.2, 0) is 11.2 Å². The van der Waals surface area contributed by atoms with Crippen molar-refractivity contribution in [1.82, 2.24) is 15.0 Å². The van der Waals surface area contributed by atoms with E-state index >= 15 is 0 Å². The number of ether oxygens (including phenoxy) is 1. The van der Waals surface area contributed by atoms with Gasteiger partial charge < -0.3 is 15.0 Å². The number of fused-ring (bicyclic) bond motifs is 1. The lowest BCUT2D eigenvalue weighted by Gasteiger charge is -2.33. The maximum Gasteiger partial charge on any atom is 0.228 e. The Balaban J connectivity index is 1.62. The van der Waals surface area contributed by atoms with E-state index in [1.807, 2.05) is 0 Å². The highest BCUT2D eigenvalue weighted by molar-refractivity contribution is 4.97. The molecule has 19 heavy (non-hydrogen) atoms. The molecule has 0 bridgehead atoms. The van der Waals surface area contributed by atoms with E-state index in [0.717, 1.165) is 26.1 Å². The van der Waals surface area contributed by atoms with Crippen molar-refractivity contribution in [2.45, 2.75) is 50.8 Å². The average Bonchev–Trinajstić information content (AvgIpc) is 3.05. The molecular formula is C13H22N4O2. The minimum Gasteiger partial charge on any atom is -0.367 e. The molecule has 1 aromatic heterocycles. The molecule has 6 heteroatoms. The van der Waals surface area contributed by atoms with Crippen LogP contribution in [0.2, 0.25) is 0 Å². The molecule has 6 nitrogen and oxygen atoms in total. The van der Waals surface area contributed by atoms with Crippen molar-refractivity contribution < 1.29 is 9.26 Å². The van der Waals surface area contributed by atoms with Crippen LogP contribution in [0.15, 0.2) is 4.52 Å². The van der Waals surface area contributed by atoms with E-state index < -0.39 is 0 Å². The Bertz CT molecular complexity index is 423. The molecule has 0 radical (unpaired) electrons.